The molecule has 3 atom stereocenters. The van der Waals surface area contributed by atoms with Gasteiger partial charge < -0.3 is 14.9 Å². The van der Waals surface area contributed by atoms with Crippen molar-refractivity contribution in [2.45, 2.75) is 62.9 Å². The summed E-state index contributed by atoms with van der Waals surface area (Å²) in [7, 11) is 0. The first-order chi connectivity index (χ1) is 12.4. The van der Waals surface area contributed by atoms with E-state index in [1.165, 1.54) is 6.07 Å². The van der Waals surface area contributed by atoms with Crippen LogP contribution >= 0.6 is 0 Å². The molecule has 1 saturated carbocycles. The molecule has 26 heavy (non-hydrogen) atoms. The molecular formula is C20H23NO5. The van der Waals surface area contributed by atoms with E-state index in [1.54, 1.807) is 25.1 Å². The van der Waals surface area contributed by atoms with E-state index in [1.807, 2.05) is 0 Å². The number of aliphatic imine (C=N–C) groups is 1. The average molecular weight is 357 g/mol. The maximum absolute atomic E-state index is 12.9. The molecule has 0 amide bonds. The average Bonchev–Trinajstić information content (AvgIpc) is 2.83. The number of carbonyl (C=O) groups is 2. The number of esters is 1. The second-order valence-electron chi connectivity index (χ2n) is 7.55. The molecule has 4 rings (SSSR count). The highest BCUT2D eigenvalue weighted by atomic mass is 16.5. The molecule has 1 fully saturated rings. The third-order valence-electron chi connectivity index (χ3n) is 5.92. The summed E-state index contributed by atoms with van der Waals surface area (Å²) in [5.41, 5.74) is -3.84. The van der Waals surface area contributed by atoms with Crippen LogP contribution in [-0.4, -0.2) is 39.4 Å². The lowest BCUT2D eigenvalue weighted by atomic mass is 9.79. The summed E-state index contributed by atoms with van der Waals surface area (Å²) in [6.45, 7) is 1.54. The predicted molar refractivity (Wildman–Crippen MR) is 93.8 cm³/mol. The molecular weight excluding hydrogens is 334 g/mol. The molecule has 6 nitrogen and oxygen atoms in total. The molecule has 3 aliphatic rings. The molecule has 2 N–H and O–H groups in total. The van der Waals surface area contributed by atoms with Crippen molar-refractivity contribution in [2.24, 2.45) is 10.9 Å². The molecule has 0 bridgehead atoms. The lowest BCUT2D eigenvalue weighted by Gasteiger charge is -2.32. The molecule has 0 spiro atoms. The maximum atomic E-state index is 12.9. The van der Waals surface area contributed by atoms with Crippen LogP contribution in [0.5, 0.6) is 0 Å². The van der Waals surface area contributed by atoms with Gasteiger partial charge in [-0.05, 0) is 32.6 Å². The van der Waals surface area contributed by atoms with Gasteiger partial charge in [0.2, 0.25) is 11.5 Å². The van der Waals surface area contributed by atoms with Gasteiger partial charge in [-0.2, -0.15) is 0 Å². The van der Waals surface area contributed by atoms with E-state index in [4.69, 9.17) is 4.74 Å². The Bertz CT molecular complexity index is 795. The highest BCUT2D eigenvalue weighted by molar-refractivity contribution is 6.18. The Morgan fingerprint density at radius 3 is 2.50 bits per heavy atom. The van der Waals surface area contributed by atoms with Crippen LogP contribution in [-0.2, 0) is 15.3 Å². The van der Waals surface area contributed by atoms with Gasteiger partial charge in [-0.15, -0.1) is 0 Å². The fourth-order valence-corrected chi connectivity index (χ4v) is 4.59. The van der Waals surface area contributed by atoms with E-state index in [0.29, 0.717) is 0 Å². The van der Waals surface area contributed by atoms with Crippen LogP contribution < -0.4 is 0 Å². The predicted octanol–water partition coefficient (Wildman–Crippen LogP) is 2.12. The summed E-state index contributed by atoms with van der Waals surface area (Å²) in [6, 6.07) is 6.41. The first-order valence-electron chi connectivity index (χ1n) is 9.25. The lowest BCUT2D eigenvalue weighted by Crippen LogP contribution is -2.56. The first kappa shape index (κ1) is 17.4. The highest BCUT2D eigenvalue weighted by Gasteiger charge is 2.72. The number of carbonyl (C=O) groups excluding carboxylic acids is 2. The number of benzene rings is 1. The molecule has 1 aliphatic heterocycles. The number of hydrogen-bond acceptors (Lipinski definition) is 6. The van der Waals surface area contributed by atoms with Crippen molar-refractivity contribution in [1.29, 1.82) is 0 Å². The van der Waals surface area contributed by atoms with Crippen molar-refractivity contribution < 1.29 is 24.5 Å². The topological polar surface area (TPSA) is 96.2 Å². The first-order valence-corrected chi connectivity index (χ1v) is 9.25. The minimum Gasteiger partial charge on any atom is -0.462 e. The molecule has 6 heteroatoms. The number of fused-ring (bicyclic) bond motifs is 3. The maximum Gasteiger partial charge on any atom is 0.318 e. The summed E-state index contributed by atoms with van der Waals surface area (Å²) >= 11 is 0. The quantitative estimate of drug-likeness (QED) is 0.624. The summed E-state index contributed by atoms with van der Waals surface area (Å²) < 4.78 is 5.65. The van der Waals surface area contributed by atoms with Gasteiger partial charge in [-0.3, -0.25) is 14.6 Å². The van der Waals surface area contributed by atoms with Gasteiger partial charge >= 0.3 is 5.97 Å². The van der Waals surface area contributed by atoms with Gasteiger partial charge in [0.05, 0.1) is 0 Å². The van der Waals surface area contributed by atoms with Gasteiger partial charge in [0, 0.05) is 16.8 Å². The summed E-state index contributed by atoms with van der Waals surface area (Å²) in [4.78, 5) is 30.0. The second kappa shape index (κ2) is 5.99. The Morgan fingerprint density at radius 1 is 1.15 bits per heavy atom. The van der Waals surface area contributed by atoms with Crippen molar-refractivity contribution in [3.8, 4) is 0 Å². The van der Waals surface area contributed by atoms with Crippen molar-refractivity contribution in [3.05, 3.63) is 35.4 Å². The van der Waals surface area contributed by atoms with E-state index >= 15 is 0 Å². The van der Waals surface area contributed by atoms with Gasteiger partial charge in [0.15, 0.2) is 5.60 Å². The molecule has 1 unspecified atom stereocenters. The highest BCUT2D eigenvalue weighted by Crippen LogP contribution is 2.53. The molecule has 0 saturated heterocycles. The molecule has 1 aromatic rings. The SMILES string of the molecule is CC1=N[C@@]2(O)c3ccccc3C(=O)[C@@]2(O)C1C(=O)OC1CCCCCC1. The number of aliphatic hydroxyl groups is 2. The Kier molecular flexibility index (Phi) is 4.00. The largest absolute Gasteiger partial charge is 0.462 e. The monoisotopic (exact) mass is 357 g/mol. The third-order valence-corrected chi connectivity index (χ3v) is 5.92. The van der Waals surface area contributed by atoms with Crippen LogP contribution in [0.25, 0.3) is 0 Å². The van der Waals surface area contributed by atoms with Crippen molar-refractivity contribution in [1.82, 2.24) is 0 Å². The van der Waals surface area contributed by atoms with Gasteiger partial charge in [-0.25, -0.2) is 0 Å². The molecule has 0 aromatic heterocycles. The molecule has 1 aromatic carbocycles. The minimum atomic E-state index is -2.34. The summed E-state index contributed by atoms with van der Waals surface area (Å²) in [5, 5.41) is 22.3. The van der Waals surface area contributed by atoms with Gasteiger partial charge in [0.1, 0.15) is 12.0 Å². The molecule has 2 aliphatic carbocycles. The van der Waals surface area contributed by atoms with E-state index < -0.39 is 29.0 Å². The summed E-state index contributed by atoms with van der Waals surface area (Å²) in [5.74, 6) is -2.66. The van der Waals surface area contributed by atoms with Crippen LogP contribution in [0.1, 0.15) is 61.4 Å². The van der Waals surface area contributed by atoms with Crippen molar-refractivity contribution >= 4 is 17.5 Å². The lowest BCUT2D eigenvalue weighted by molar-refractivity contribution is -0.169. The fourth-order valence-electron chi connectivity index (χ4n) is 4.59. The van der Waals surface area contributed by atoms with Crippen LogP contribution in [0.3, 0.4) is 0 Å². The van der Waals surface area contributed by atoms with Gasteiger partial charge in [0.25, 0.3) is 0 Å². The fraction of sp³-hybridized carbons (Fsp3) is 0.550. The third kappa shape index (κ3) is 2.21. The molecule has 0 radical (unpaired) electrons. The van der Waals surface area contributed by atoms with E-state index in [-0.39, 0.29) is 22.9 Å². The number of Topliss-reactive ketones (excluding diaryl/α,β-unsaturated/α-hetero) is 1. The number of rotatable bonds is 2. The normalized spacial score (nSPS) is 34.0. The van der Waals surface area contributed by atoms with Gasteiger partial charge in [-0.1, -0.05) is 37.1 Å². The Hall–Kier alpha value is -2.05. The Balaban J connectivity index is 1.67. The number of ether oxygens (including phenoxy) is 1. The smallest absolute Gasteiger partial charge is 0.318 e. The molecule has 1 heterocycles. The number of hydrogen-bond donors (Lipinski definition) is 2. The Labute approximate surface area is 151 Å². The van der Waals surface area contributed by atoms with Crippen LogP contribution in [0, 0.1) is 5.92 Å². The van der Waals surface area contributed by atoms with E-state index in [0.717, 1.165) is 38.5 Å². The standard InChI is InChI=1S/C20H23NO5/c1-12-16(18(23)26-13-8-4-2-3-5-9-13)19(24)17(22)14-10-6-7-11-15(14)20(19,25)21-12/h6-7,10-11,13,16,24-25H,2-5,8-9H2,1H3/t16?,19-,20+/m0/s1. The molecule has 138 valence electrons. The minimum absolute atomic E-state index is 0.195. The second-order valence-corrected chi connectivity index (χ2v) is 7.55. The summed E-state index contributed by atoms with van der Waals surface area (Å²) in [6.07, 6.45) is 5.58. The van der Waals surface area contributed by atoms with Crippen molar-refractivity contribution in [3.63, 3.8) is 0 Å². The van der Waals surface area contributed by atoms with Crippen LogP contribution in [0.2, 0.25) is 0 Å². The zero-order chi connectivity index (χ0) is 18.5. The van der Waals surface area contributed by atoms with Crippen LogP contribution in [0.15, 0.2) is 29.3 Å². The zero-order valence-electron chi connectivity index (χ0n) is 14.8. The van der Waals surface area contributed by atoms with E-state index in [2.05, 4.69) is 4.99 Å². The van der Waals surface area contributed by atoms with E-state index in [9.17, 15) is 19.8 Å². The van der Waals surface area contributed by atoms with Crippen LogP contribution in [0.4, 0.5) is 0 Å². The van der Waals surface area contributed by atoms with Crippen molar-refractivity contribution in [2.75, 3.05) is 0 Å². The zero-order valence-corrected chi connectivity index (χ0v) is 14.8. The Morgan fingerprint density at radius 2 is 1.81 bits per heavy atom. The number of ketones is 1. The number of nitrogens with zero attached hydrogens (tertiary/aromatic N) is 1.